The van der Waals surface area contributed by atoms with E-state index in [1.165, 1.54) is 7.11 Å². The predicted molar refractivity (Wildman–Crippen MR) is 69.1 cm³/mol. The summed E-state index contributed by atoms with van der Waals surface area (Å²) in [4.78, 5) is 0. The van der Waals surface area contributed by atoms with Gasteiger partial charge in [0.1, 0.15) is 12.1 Å². The molecule has 0 spiro atoms. The number of methoxy groups -OCH3 is 1. The summed E-state index contributed by atoms with van der Waals surface area (Å²) in [5, 5.41) is 19.9. The lowest BCUT2D eigenvalue weighted by molar-refractivity contribution is 0.369. The summed E-state index contributed by atoms with van der Waals surface area (Å²) in [5.74, 6) is 0.316. The zero-order valence-electron chi connectivity index (χ0n) is 9.84. The maximum Gasteiger partial charge on any atom is 0.172 e. The molecular weight excluding hydrogens is 224 g/mol. The highest BCUT2D eigenvalue weighted by Gasteiger charge is 2.12. The fraction of sp³-hybridized carbons (Fsp3) is 0.0667. The monoisotopic (exact) mass is 234 g/mol. The summed E-state index contributed by atoms with van der Waals surface area (Å²) in [6.45, 7) is 0. The van der Waals surface area contributed by atoms with Gasteiger partial charge in [-0.05, 0) is 10.8 Å². The Balaban J connectivity index is 2.80. The highest BCUT2D eigenvalue weighted by atomic mass is 16.5. The van der Waals surface area contributed by atoms with Crippen molar-refractivity contribution in [2.45, 2.75) is 0 Å². The second-order valence-electron chi connectivity index (χ2n) is 3.66. The number of hydrogen-bond donors (Lipinski definition) is 0. The van der Waals surface area contributed by atoms with Gasteiger partial charge in [0.2, 0.25) is 0 Å². The average Bonchev–Trinajstić information content (AvgIpc) is 2.44. The minimum Gasteiger partial charge on any atom is -0.494 e. The Labute approximate surface area is 105 Å². The Morgan fingerprint density at radius 3 is 2.33 bits per heavy atom. The smallest absolute Gasteiger partial charge is 0.172 e. The molecule has 3 heteroatoms. The SMILES string of the molecule is COC(=C(C#N)C#N)c1cccc2ccccc12. The Morgan fingerprint density at radius 2 is 1.67 bits per heavy atom. The van der Waals surface area contributed by atoms with Crippen molar-refractivity contribution < 1.29 is 4.74 Å². The van der Waals surface area contributed by atoms with Gasteiger partial charge in [0.05, 0.1) is 7.11 Å². The molecular formula is C15H10N2O. The van der Waals surface area contributed by atoms with Gasteiger partial charge in [-0.15, -0.1) is 0 Å². The van der Waals surface area contributed by atoms with E-state index in [0.717, 1.165) is 16.3 Å². The van der Waals surface area contributed by atoms with Crippen molar-refractivity contribution >= 4 is 16.5 Å². The van der Waals surface area contributed by atoms with Crippen LogP contribution in [0.3, 0.4) is 0 Å². The van der Waals surface area contributed by atoms with Crippen LogP contribution in [0, 0.1) is 22.7 Å². The Kier molecular flexibility index (Phi) is 3.27. The van der Waals surface area contributed by atoms with Crippen LogP contribution in [0.4, 0.5) is 0 Å². The molecule has 0 fully saturated rings. The Bertz CT molecular complexity index is 681. The van der Waals surface area contributed by atoms with Crippen LogP contribution in [0.1, 0.15) is 5.56 Å². The Hall–Kier alpha value is -2.78. The van der Waals surface area contributed by atoms with Gasteiger partial charge in [-0.3, -0.25) is 0 Å². The molecule has 2 aromatic carbocycles. The molecule has 0 aromatic heterocycles. The molecule has 86 valence electrons. The predicted octanol–water partition coefficient (Wildman–Crippen LogP) is 3.24. The first-order valence-electron chi connectivity index (χ1n) is 5.38. The minimum absolute atomic E-state index is 0.0196. The number of benzene rings is 2. The molecule has 18 heavy (non-hydrogen) atoms. The van der Waals surface area contributed by atoms with Crippen LogP contribution in [0.15, 0.2) is 48.0 Å². The topological polar surface area (TPSA) is 56.8 Å². The van der Waals surface area contributed by atoms with Gasteiger partial charge in [0, 0.05) is 5.56 Å². The van der Waals surface area contributed by atoms with Crippen molar-refractivity contribution in [2.75, 3.05) is 7.11 Å². The molecule has 0 radical (unpaired) electrons. The van der Waals surface area contributed by atoms with Gasteiger partial charge >= 0.3 is 0 Å². The zero-order valence-corrected chi connectivity index (χ0v) is 9.84. The van der Waals surface area contributed by atoms with Crippen molar-refractivity contribution in [3.63, 3.8) is 0 Å². The standard InChI is InChI=1S/C15H10N2O/c1-18-15(12(9-16)10-17)14-8-4-6-11-5-2-3-7-13(11)14/h2-8H,1H3. The zero-order chi connectivity index (χ0) is 13.0. The first kappa shape index (κ1) is 11.7. The number of rotatable bonds is 2. The normalized spacial score (nSPS) is 9.28. The van der Waals surface area contributed by atoms with Crippen molar-refractivity contribution in [1.29, 1.82) is 10.5 Å². The van der Waals surface area contributed by atoms with Gasteiger partial charge in [0.25, 0.3) is 0 Å². The first-order valence-corrected chi connectivity index (χ1v) is 5.38. The maximum absolute atomic E-state index is 8.95. The van der Waals surface area contributed by atoms with Gasteiger partial charge in [-0.2, -0.15) is 10.5 Å². The molecule has 2 rings (SSSR count). The number of nitrogens with zero attached hydrogens (tertiary/aromatic N) is 2. The number of nitriles is 2. The van der Waals surface area contributed by atoms with Gasteiger partial charge in [-0.1, -0.05) is 42.5 Å². The summed E-state index contributed by atoms with van der Waals surface area (Å²) in [6.07, 6.45) is 0. The van der Waals surface area contributed by atoms with E-state index >= 15 is 0 Å². The second-order valence-corrected chi connectivity index (χ2v) is 3.66. The van der Waals surface area contributed by atoms with E-state index in [4.69, 9.17) is 15.3 Å². The van der Waals surface area contributed by atoms with Crippen molar-refractivity contribution in [3.05, 3.63) is 53.6 Å². The van der Waals surface area contributed by atoms with E-state index in [1.54, 1.807) is 0 Å². The molecule has 0 saturated heterocycles. The number of hydrogen-bond acceptors (Lipinski definition) is 3. The molecule has 0 unspecified atom stereocenters. The maximum atomic E-state index is 8.95. The van der Waals surface area contributed by atoms with Gasteiger partial charge in [0.15, 0.2) is 11.3 Å². The molecule has 0 aliphatic carbocycles. The largest absolute Gasteiger partial charge is 0.494 e. The van der Waals surface area contributed by atoms with Crippen LogP contribution >= 0.6 is 0 Å². The number of fused-ring (bicyclic) bond motifs is 1. The summed E-state index contributed by atoms with van der Waals surface area (Å²) in [7, 11) is 1.46. The molecule has 0 atom stereocenters. The number of ether oxygens (including phenoxy) is 1. The van der Waals surface area contributed by atoms with E-state index in [1.807, 2.05) is 54.6 Å². The van der Waals surface area contributed by atoms with E-state index in [9.17, 15) is 0 Å². The van der Waals surface area contributed by atoms with Gasteiger partial charge < -0.3 is 4.74 Å². The molecule has 2 aromatic rings. The van der Waals surface area contributed by atoms with Gasteiger partial charge in [-0.25, -0.2) is 0 Å². The number of allylic oxidation sites excluding steroid dienone is 1. The van der Waals surface area contributed by atoms with E-state index < -0.39 is 0 Å². The van der Waals surface area contributed by atoms with Crippen LogP contribution in [0.25, 0.3) is 16.5 Å². The average molecular weight is 234 g/mol. The van der Waals surface area contributed by atoms with Crippen LogP contribution < -0.4 is 0 Å². The van der Waals surface area contributed by atoms with Crippen molar-refractivity contribution in [1.82, 2.24) is 0 Å². The third-order valence-electron chi connectivity index (χ3n) is 2.69. The quantitative estimate of drug-likeness (QED) is 0.592. The lowest BCUT2D eigenvalue weighted by Crippen LogP contribution is -1.93. The van der Waals surface area contributed by atoms with E-state index in [2.05, 4.69) is 0 Å². The molecule has 0 amide bonds. The van der Waals surface area contributed by atoms with Crippen molar-refractivity contribution in [2.24, 2.45) is 0 Å². The first-order chi connectivity index (χ1) is 8.81. The summed E-state index contributed by atoms with van der Waals surface area (Å²) in [5.41, 5.74) is 0.738. The summed E-state index contributed by atoms with van der Waals surface area (Å²) >= 11 is 0. The third-order valence-corrected chi connectivity index (χ3v) is 2.69. The summed E-state index contributed by atoms with van der Waals surface area (Å²) in [6, 6.07) is 17.2. The second kappa shape index (κ2) is 5.03. The Morgan fingerprint density at radius 1 is 1.00 bits per heavy atom. The van der Waals surface area contributed by atoms with Crippen LogP contribution in [0.5, 0.6) is 0 Å². The molecule has 0 heterocycles. The molecule has 0 aliphatic heterocycles. The molecule has 0 aliphatic rings. The van der Waals surface area contributed by atoms with Crippen LogP contribution in [-0.2, 0) is 4.74 Å². The van der Waals surface area contributed by atoms with Crippen LogP contribution in [0.2, 0.25) is 0 Å². The molecule has 0 N–H and O–H groups in total. The highest BCUT2D eigenvalue weighted by molar-refractivity contribution is 5.94. The fourth-order valence-electron chi connectivity index (χ4n) is 1.90. The lowest BCUT2D eigenvalue weighted by Gasteiger charge is -2.09. The molecule has 0 saturated carbocycles. The third kappa shape index (κ3) is 1.90. The highest BCUT2D eigenvalue weighted by Crippen LogP contribution is 2.27. The van der Waals surface area contributed by atoms with E-state index in [-0.39, 0.29) is 5.57 Å². The van der Waals surface area contributed by atoms with Crippen LogP contribution in [-0.4, -0.2) is 7.11 Å². The fourth-order valence-corrected chi connectivity index (χ4v) is 1.90. The minimum atomic E-state index is -0.0196. The molecule has 0 bridgehead atoms. The lowest BCUT2D eigenvalue weighted by atomic mass is 10.0. The summed E-state index contributed by atoms with van der Waals surface area (Å²) < 4.78 is 5.22. The van der Waals surface area contributed by atoms with E-state index in [0.29, 0.717) is 5.76 Å². The molecule has 3 nitrogen and oxygen atoms in total. The van der Waals surface area contributed by atoms with Crippen molar-refractivity contribution in [3.8, 4) is 12.1 Å².